The van der Waals surface area contributed by atoms with E-state index in [9.17, 15) is 19.6 Å². The number of methoxy groups -OCH3 is 1. The first-order valence-corrected chi connectivity index (χ1v) is 11.8. The molecule has 3 rings (SSSR count). The highest BCUT2D eigenvalue weighted by atomic mass is 16.5. The maximum absolute atomic E-state index is 12.3. The molecule has 3 N–H and O–H groups in total. The van der Waals surface area contributed by atoms with Gasteiger partial charge >= 0.3 is 12.1 Å². The minimum Gasteiger partial charge on any atom is -0.466 e. The lowest BCUT2D eigenvalue weighted by Gasteiger charge is -2.12. The van der Waals surface area contributed by atoms with Gasteiger partial charge in [0.05, 0.1) is 18.3 Å². The van der Waals surface area contributed by atoms with Crippen LogP contribution in [-0.2, 0) is 32.2 Å². The fourth-order valence-corrected chi connectivity index (χ4v) is 3.41. The first-order chi connectivity index (χ1) is 18.0. The van der Waals surface area contributed by atoms with Gasteiger partial charge in [0.1, 0.15) is 6.61 Å². The van der Waals surface area contributed by atoms with Crippen molar-refractivity contribution in [3.05, 3.63) is 84.1 Å². The van der Waals surface area contributed by atoms with Crippen molar-refractivity contribution < 1.29 is 29.1 Å². The smallest absolute Gasteiger partial charge is 0.411 e. The zero-order chi connectivity index (χ0) is 26.5. The third-order valence-corrected chi connectivity index (χ3v) is 5.40. The van der Waals surface area contributed by atoms with Gasteiger partial charge in [0.2, 0.25) is 0 Å². The summed E-state index contributed by atoms with van der Waals surface area (Å²) in [6, 6.07) is 16.9. The standard InChI is InChI=1S/C27H30N4O6/c1-36-26(33)14-13-25(32)31(35)17-3-2-15-28-18-20-9-11-21(12-10-20)19-37-27(34)30-24-8-4-7-23-22(24)6-5-16-29-23/h4-14,16,28,35H,2-3,15,17-19H2,1H3,(H,30,34)/b14-13+. The fourth-order valence-electron chi connectivity index (χ4n) is 3.41. The zero-order valence-corrected chi connectivity index (χ0v) is 20.6. The van der Waals surface area contributed by atoms with Crippen LogP contribution in [0.4, 0.5) is 10.5 Å². The Labute approximate surface area is 214 Å². The van der Waals surface area contributed by atoms with Crippen molar-refractivity contribution in [1.29, 1.82) is 0 Å². The van der Waals surface area contributed by atoms with Crippen molar-refractivity contribution in [3.63, 3.8) is 0 Å². The van der Waals surface area contributed by atoms with Gasteiger partial charge in [-0.3, -0.25) is 20.3 Å². The van der Waals surface area contributed by atoms with Crippen LogP contribution in [0, 0.1) is 0 Å². The average Bonchev–Trinajstić information content (AvgIpc) is 2.92. The molecule has 3 aromatic rings. The van der Waals surface area contributed by atoms with E-state index in [0.29, 0.717) is 30.3 Å². The number of fused-ring (bicyclic) bond motifs is 1. The Kier molecular flexibility index (Phi) is 10.6. The number of carbonyl (C=O) groups excluding carboxylic acids is 3. The predicted octanol–water partition coefficient (Wildman–Crippen LogP) is 3.80. The van der Waals surface area contributed by atoms with E-state index in [0.717, 1.165) is 40.6 Å². The van der Waals surface area contributed by atoms with E-state index in [4.69, 9.17) is 4.74 Å². The summed E-state index contributed by atoms with van der Waals surface area (Å²) in [5.41, 5.74) is 3.38. The molecule has 37 heavy (non-hydrogen) atoms. The summed E-state index contributed by atoms with van der Waals surface area (Å²) in [4.78, 5) is 39.1. The Bertz CT molecular complexity index is 1220. The second-order valence-electron chi connectivity index (χ2n) is 8.10. The number of aromatic nitrogens is 1. The monoisotopic (exact) mass is 506 g/mol. The minimum absolute atomic E-state index is 0.147. The Balaban J connectivity index is 1.31. The molecule has 0 saturated carbocycles. The number of nitrogens with zero attached hydrogens (tertiary/aromatic N) is 2. The number of pyridine rings is 1. The fraction of sp³-hybridized carbons (Fsp3) is 0.259. The summed E-state index contributed by atoms with van der Waals surface area (Å²) in [6.45, 7) is 1.66. The minimum atomic E-state index is -0.675. The first kappa shape index (κ1) is 27.3. The largest absolute Gasteiger partial charge is 0.466 e. The van der Waals surface area contributed by atoms with E-state index in [-0.39, 0.29) is 13.2 Å². The summed E-state index contributed by atoms with van der Waals surface area (Å²) >= 11 is 0. The van der Waals surface area contributed by atoms with Crippen molar-refractivity contribution in [3.8, 4) is 0 Å². The number of hydrogen-bond donors (Lipinski definition) is 3. The van der Waals surface area contributed by atoms with Crippen molar-refractivity contribution in [1.82, 2.24) is 15.4 Å². The van der Waals surface area contributed by atoms with Crippen LogP contribution in [-0.4, -0.2) is 53.4 Å². The van der Waals surface area contributed by atoms with E-state index >= 15 is 0 Å². The molecule has 2 amide bonds. The molecule has 1 heterocycles. The quantitative estimate of drug-likeness (QED) is 0.111. The van der Waals surface area contributed by atoms with Gasteiger partial charge in [-0.25, -0.2) is 14.7 Å². The number of esters is 1. The van der Waals surface area contributed by atoms with E-state index in [1.807, 2.05) is 48.5 Å². The van der Waals surface area contributed by atoms with Gasteiger partial charge < -0.3 is 14.8 Å². The Morgan fingerprint density at radius 2 is 1.78 bits per heavy atom. The van der Waals surface area contributed by atoms with Crippen LogP contribution in [0.5, 0.6) is 0 Å². The molecule has 0 fully saturated rings. The lowest BCUT2D eigenvalue weighted by molar-refractivity contribution is -0.159. The molecule has 0 spiro atoms. The van der Waals surface area contributed by atoms with Gasteiger partial charge in [0.15, 0.2) is 0 Å². The zero-order valence-electron chi connectivity index (χ0n) is 20.6. The van der Waals surface area contributed by atoms with E-state index in [2.05, 4.69) is 20.4 Å². The Morgan fingerprint density at radius 1 is 1.00 bits per heavy atom. The molecule has 0 atom stereocenters. The molecule has 10 heteroatoms. The summed E-state index contributed by atoms with van der Waals surface area (Å²) in [5.74, 6) is -1.34. The molecule has 194 valence electrons. The molecular weight excluding hydrogens is 476 g/mol. The maximum atomic E-state index is 12.3. The highest BCUT2D eigenvalue weighted by Crippen LogP contribution is 2.21. The molecule has 0 aliphatic carbocycles. The van der Waals surface area contributed by atoms with Crippen LogP contribution in [0.2, 0.25) is 0 Å². The molecule has 0 radical (unpaired) electrons. The van der Waals surface area contributed by atoms with Crippen molar-refractivity contribution in [2.45, 2.75) is 26.0 Å². The third kappa shape index (κ3) is 9.02. The molecule has 0 bridgehead atoms. The lowest BCUT2D eigenvalue weighted by Crippen LogP contribution is -2.27. The van der Waals surface area contributed by atoms with Gasteiger partial charge in [-0.05, 0) is 54.8 Å². The van der Waals surface area contributed by atoms with Crippen molar-refractivity contribution in [2.24, 2.45) is 0 Å². The predicted molar refractivity (Wildman–Crippen MR) is 138 cm³/mol. The SMILES string of the molecule is COC(=O)/C=C/C(=O)N(O)CCCCNCc1ccc(COC(=O)Nc2cccc3ncccc23)cc1. The van der Waals surface area contributed by atoms with Crippen molar-refractivity contribution >= 4 is 34.6 Å². The summed E-state index contributed by atoms with van der Waals surface area (Å²) in [5, 5.41) is 17.2. The molecule has 0 aliphatic rings. The summed E-state index contributed by atoms with van der Waals surface area (Å²) in [7, 11) is 1.21. The number of nitrogens with one attached hydrogen (secondary N) is 2. The molecule has 0 aliphatic heterocycles. The second-order valence-corrected chi connectivity index (χ2v) is 8.10. The number of benzene rings is 2. The molecule has 0 saturated heterocycles. The van der Waals surface area contributed by atoms with Gasteiger partial charge in [-0.2, -0.15) is 0 Å². The van der Waals surface area contributed by atoms with E-state index in [1.54, 1.807) is 12.3 Å². The molecule has 2 aromatic carbocycles. The number of carbonyl (C=O) groups is 3. The average molecular weight is 507 g/mol. The number of unbranched alkanes of at least 4 members (excludes halogenated alkanes) is 1. The molecular formula is C27H30N4O6. The number of rotatable bonds is 12. The first-order valence-electron chi connectivity index (χ1n) is 11.8. The highest BCUT2D eigenvalue weighted by molar-refractivity contribution is 5.98. The normalized spacial score (nSPS) is 10.9. The van der Waals surface area contributed by atoms with Gasteiger partial charge in [0.25, 0.3) is 5.91 Å². The Hall–Kier alpha value is -4.28. The highest BCUT2D eigenvalue weighted by Gasteiger charge is 2.09. The van der Waals surface area contributed by atoms with Gasteiger partial charge in [0, 0.05) is 36.8 Å². The number of anilines is 1. The van der Waals surface area contributed by atoms with Gasteiger partial charge in [-0.1, -0.05) is 30.3 Å². The number of hydroxylamine groups is 2. The van der Waals surface area contributed by atoms with E-state index < -0.39 is 18.0 Å². The third-order valence-electron chi connectivity index (χ3n) is 5.40. The Morgan fingerprint density at radius 3 is 2.57 bits per heavy atom. The topological polar surface area (TPSA) is 130 Å². The molecule has 1 aromatic heterocycles. The van der Waals surface area contributed by atoms with Crippen LogP contribution in [0.15, 0.2) is 72.9 Å². The molecule has 0 unspecified atom stereocenters. The van der Waals surface area contributed by atoms with Crippen LogP contribution in [0.25, 0.3) is 10.9 Å². The lowest BCUT2D eigenvalue weighted by atomic mass is 10.1. The maximum Gasteiger partial charge on any atom is 0.411 e. The molecule has 10 nitrogen and oxygen atoms in total. The van der Waals surface area contributed by atoms with Crippen LogP contribution in [0.1, 0.15) is 24.0 Å². The van der Waals surface area contributed by atoms with Crippen LogP contribution in [0.3, 0.4) is 0 Å². The summed E-state index contributed by atoms with van der Waals surface area (Å²) < 4.78 is 9.75. The van der Waals surface area contributed by atoms with Crippen LogP contribution >= 0.6 is 0 Å². The summed E-state index contributed by atoms with van der Waals surface area (Å²) in [6.07, 6.45) is 4.43. The number of amides is 2. The van der Waals surface area contributed by atoms with E-state index in [1.165, 1.54) is 7.11 Å². The number of hydrogen-bond acceptors (Lipinski definition) is 8. The van der Waals surface area contributed by atoms with Crippen molar-refractivity contribution in [2.75, 3.05) is 25.5 Å². The number of ether oxygens (including phenoxy) is 2. The van der Waals surface area contributed by atoms with Crippen LogP contribution < -0.4 is 10.6 Å². The second kappa shape index (κ2) is 14.3. The van der Waals surface area contributed by atoms with Gasteiger partial charge in [-0.15, -0.1) is 0 Å².